The van der Waals surface area contributed by atoms with E-state index in [1.165, 1.54) is 6.42 Å². The normalized spacial score (nSPS) is 23.1. The molecule has 2 rings (SSSR count). The highest BCUT2D eigenvalue weighted by atomic mass is 35.5. The highest BCUT2D eigenvalue weighted by Gasteiger charge is 2.13. The average Bonchev–Trinajstić information content (AvgIpc) is 2.47. The lowest BCUT2D eigenvalue weighted by atomic mass is 10.2. The summed E-state index contributed by atoms with van der Waals surface area (Å²) in [4.78, 5) is 4.31. The Morgan fingerprint density at radius 3 is 3.07 bits per heavy atom. The molecule has 14 heavy (non-hydrogen) atoms. The van der Waals surface area contributed by atoms with Gasteiger partial charge in [0, 0.05) is 12.7 Å². The van der Waals surface area contributed by atoms with Crippen LogP contribution in [-0.2, 0) is 0 Å². The molecule has 0 amide bonds. The molecule has 1 unspecified atom stereocenters. The van der Waals surface area contributed by atoms with Crippen molar-refractivity contribution in [3.8, 4) is 0 Å². The smallest absolute Gasteiger partial charge is 0.0621 e. The van der Waals surface area contributed by atoms with E-state index in [-0.39, 0.29) is 0 Å². The van der Waals surface area contributed by atoms with Crippen LogP contribution in [0.15, 0.2) is 18.3 Å². The first-order chi connectivity index (χ1) is 6.86. The van der Waals surface area contributed by atoms with E-state index in [0.717, 1.165) is 25.3 Å². The predicted molar refractivity (Wildman–Crippen MR) is 57.5 cm³/mol. The molecule has 1 aliphatic heterocycles. The second-order valence-corrected chi connectivity index (χ2v) is 3.90. The fourth-order valence-electron chi connectivity index (χ4n) is 1.61. The first-order valence-electron chi connectivity index (χ1n) is 4.92. The third kappa shape index (κ3) is 2.44. The van der Waals surface area contributed by atoms with Crippen molar-refractivity contribution >= 4 is 11.6 Å². The van der Waals surface area contributed by atoms with E-state index in [1.807, 2.05) is 12.1 Å². The lowest BCUT2D eigenvalue weighted by Crippen LogP contribution is -2.27. The number of pyridine rings is 1. The van der Waals surface area contributed by atoms with Crippen molar-refractivity contribution in [1.82, 2.24) is 15.6 Å². The summed E-state index contributed by atoms with van der Waals surface area (Å²) in [7, 11) is 0. The minimum absolute atomic E-state index is 0.315. The van der Waals surface area contributed by atoms with E-state index >= 15 is 0 Å². The van der Waals surface area contributed by atoms with Gasteiger partial charge in [0.2, 0.25) is 0 Å². The Hall–Kier alpha value is -0.640. The van der Waals surface area contributed by atoms with Crippen LogP contribution in [0.5, 0.6) is 0 Å². The monoisotopic (exact) mass is 211 g/mol. The van der Waals surface area contributed by atoms with Gasteiger partial charge in [-0.15, -0.1) is 0 Å². The lowest BCUT2D eigenvalue weighted by molar-refractivity contribution is 0.540. The zero-order valence-electron chi connectivity index (χ0n) is 7.96. The van der Waals surface area contributed by atoms with Crippen LogP contribution < -0.4 is 10.6 Å². The van der Waals surface area contributed by atoms with Crippen molar-refractivity contribution in [2.45, 2.75) is 12.5 Å². The molecule has 1 aliphatic rings. The van der Waals surface area contributed by atoms with Gasteiger partial charge < -0.3 is 10.6 Å². The SMILES string of the molecule is Clc1ccc(C2CNCCCN2)nc1. The molecular weight excluding hydrogens is 198 g/mol. The fraction of sp³-hybridized carbons (Fsp3) is 0.500. The third-order valence-electron chi connectivity index (χ3n) is 2.38. The first kappa shape index (κ1) is 9.90. The van der Waals surface area contributed by atoms with Gasteiger partial charge in [-0.2, -0.15) is 0 Å². The zero-order chi connectivity index (χ0) is 9.80. The second-order valence-electron chi connectivity index (χ2n) is 3.47. The molecule has 1 atom stereocenters. The van der Waals surface area contributed by atoms with Crippen LogP contribution in [0.4, 0.5) is 0 Å². The minimum atomic E-state index is 0.315. The molecule has 0 bridgehead atoms. The van der Waals surface area contributed by atoms with Crippen molar-refractivity contribution in [2.24, 2.45) is 0 Å². The largest absolute Gasteiger partial charge is 0.315 e. The Balaban J connectivity index is 2.08. The van der Waals surface area contributed by atoms with E-state index < -0.39 is 0 Å². The van der Waals surface area contributed by atoms with Gasteiger partial charge in [-0.1, -0.05) is 11.6 Å². The molecule has 0 saturated carbocycles. The summed E-state index contributed by atoms with van der Waals surface area (Å²) < 4.78 is 0. The highest BCUT2D eigenvalue weighted by molar-refractivity contribution is 6.30. The van der Waals surface area contributed by atoms with Crippen molar-refractivity contribution in [1.29, 1.82) is 0 Å². The molecular formula is C10H14ClN3. The number of halogens is 1. The lowest BCUT2D eigenvalue weighted by Gasteiger charge is -2.14. The molecule has 0 radical (unpaired) electrons. The van der Waals surface area contributed by atoms with E-state index in [9.17, 15) is 0 Å². The van der Waals surface area contributed by atoms with Crippen molar-refractivity contribution in [3.63, 3.8) is 0 Å². The van der Waals surface area contributed by atoms with Crippen LogP contribution in [0.2, 0.25) is 5.02 Å². The van der Waals surface area contributed by atoms with Crippen LogP contribution >= 0.6 is 11.6 Å². The molecule has 2 heterocycles. The maximum atomic E-state index is 5.78. The van der Waals surface area contributed by atoms with Gasteiger partial charge in [0.1, 0.15) is 0 Å². The van der Waals surface area contributed by atoms with Gasteiger partial charge >= 0.3 is 0 Å². The predicted octanol–water partition coefficient (Wildman–Crippen LogP) is 1.36. The van der Waals surface area contributed by atoms with Crippen molar-refractivity contribution in [3.05, 3.63) is 29.0 Å². The molecule has 76 valence electrons. The van der Waals surface area contributed by atoms with E-state index in [0.29, 0.717) is 11.1 Å². The number of hydrogen-bond acceptors (Lipinski definition) is 3. The van der Waals surface area contributed by atoms with E-state index in [2.05, 4.69) is 15.6 Å². The summed E-state index contributed by atoms with van der Waals surface area (Å²) in [5.74, 6) is 0. The van der Waals surface area contributed by atoms with E-state index in [1.54, 1.807) is 6.20 Å². The summed E-state index contributed by atoms with van der Waals surface area (Å²) in [6.07, 6.45) is 2.87. The molecule has 0 spiro atoms. The zero-order valence-corrected chi connectivity index (χ0v) is 8.72. The minimum Gasteiger partial charge on any atom is -0.315 e. The van der Waals surface area contributed by atoms with Gasteiger partial charge in [0.05, 0.1) is 16.8 Å². The molecule has 1 aromatic heterocycles. The summed E-state index contributed by atoms with van der Waals surface area (Å²) in [5, 5.41) is 7.51. The van der Waals surface area contributed by atoms with Crippen LogP contribution in [0.1, 0.15) is 18.2 Å². The maximum absolute atomic E-state index is 5.78. The Bertz CT molecular complexity index is 278. The molecule has 1 saturated heterocycles. The quantitative estimate of drug-likeness (QED) is 0.737. The van der Waals surface area contributed by atoms with Crippen LogP contribution in [-0.4, -0.2) is 24.6 Å². The highest BCUT2D eigenvalue weighted by Crippen LogP contribution is 2.13. The summed E-state index contributed by atoms with van der Waals surface area (Å²) in [6, 6.07) is 4.18. The first-order valence-corrected chi connectivity index (χ1v) is 5.29. The fourth-order valence-corrected chi connectivity index (χ4v) is 1.72. The summed E-state index contributed by atoms with van der Waals surface area (Å²) in [6.45, 7) is 3.06. The number of nitrogens with zero attached hydrogens (tertiary/aromatic N) is 1. The second kappa shape index (κ2) is 4.73. The van der Waals surface area contributed by atoms with Crippen molar-refractivity contribution in [2.75, 3.05) is 19.6 Å². The molecule has 3 nitrogen and oxygen atoms in total. The Morgan fingerprint density at radius 1 is 1.36 bits per heavy atom. The standard InChI is InChI=1S/C10H14ClN3/c11-8-2-3-9(14-6-8)10-7-12-4-1-5-13-10/h2-3,6,10,12-13H,1,4-5,7H2. The van der Waals surface area contributed by atoms with Gasteiger partial charge in [0.15, 0.2) is 0 Å². The molecule has 0 aliphatic carbocycles. The Morgan fingerprint density at radius 2 is 2.29 bits per heavy atom. The molecule has 0 aromatic carbocycles. The molecule has 4 heteroatoms. The van der Waals surface area contributed by atoms with Crippen LogP contribution in [0.25, 0.3) is 0 Å². The van der Waals surface area contributed by atoms with Gasteiger partial charge in [-0.25, -0.2) is 0 Å². The van der Waals surface area contributed by atoms with Crippen LogP contribution in [0, 0.1) is 0 Å². The van der Waals surface area contributed by atoms with Gasteiger partial charge in [-0.05, 0) is 31.6 Å². The summed E-state index contributed by atoms with van der Waals surface area (Å²) >= 11 is 5.78. The van der Waals surface area contributed by atoms with Crippen LogP contribution in [0.3, 0.4) is 0 Å². The van der Waals surface area contributed by atoms with Crippen molar-refractivity contribution < 1.29 is 0 Å². The number of hydrogen-bond donors (Lipinski definition) is 2. The van der Waals surface area contributed by atoms with Gasteiger partial charge in [-0.3, -0.25) is 4.98 Å². The topological polar surface area (TPSA) is 37.0 Å². The molecule has 2 N–H and O–H groups in total. The Kier molecular flexibility index (Phi) is 3.35. The van der Waals surface area contributed by atoms with E-state index in [4.69, 9.17) is 11.6 Å². The average molecular weight is 212 g/mol. The third-order valence-corrected chi connectivity index (χ3v) is 2.60. The molecule has 1 aromatic rings. The maximum Gasteiger partial charge on any atom is 0.0621 e. The van der Waals surface area contributed by atoms with Gasteiger partial charge in [0.25, 0.3) is 0 Å². The molecule has 1 fully saturated rings. The number of rotatable bonds is 1. The Labute approximate surface area is 88.9 Å². The number of aromatic nitrogens is 1. The number of nitrogens with one attached hydrogen (secondary N) is 2. The summed E-state index contributed by atoms with van der Waals surface area (Å²) in [5.41, 5.74) is 1.06.